The first-order chi connectivity index (χ1) is 10.1. The average molecular weight is 304 g/mol. The zero-order valence-electron chi connectivity index (χ0n) is 12.2. The molecule has 1 unspecified atom stereocenters. The summed E-state index contributed by atoms with van der Waals surface area (Å²) in [7, 11) is 0. The van der Waals surface area contributed by atoms with Gasteiger partial charge in [-0.3, -0.25) is 4.79 Å². The molecule has 0 bridgehead atoms. The number of pyridine rings is 1. The van der Waals surface area contributed by atoms with E-state index in [9.17, 15) is 4.79 Å². The maximum Gasteiger partial charge on any atom is 0.242 e. The Kier molecular flexibility index (Phi) is 3.80. The van der Waals surface area contributed by atoms with E-state index >= 15 is 0 Å². The van der Waals surface area contributed by atoms with Crippen LogP contribution in [0.5, 0.6) is 0 Å². The first-order valence-electron chi connectivity index (χ1n) is 7.45. The summed E-state index contributed by atoms with van der Waals surface area (Å²) in [6.07, 6.45) is 4.39. The van der Waals surface area contributed by atoms with E-state index in [4.69, 9.17) is 22.9 Å². The molecule has 3 rings (SSSR count). The van der Waals surface area contributed by atoms with Crippen LogP contribution in [0.1, 0.15) is 36.6 Å². The molecule has 5 nitrogen and oxygen atoms in total. The number of amides is 1. The number of piperazine rings is 1. The molecule has 2 aliphatic rings. The molecule has 0 spiro atoms. The molecule has 1 atom stereocenters. The second-order valence-corrected chi connectivity index (χ2v) is 6.14. The summed E-state index contributed by atoms with van der Waals surface area (Å²) < 4.78 is 0. The van der Waals surface area contributed by atoms with Crippen molar-refractivity contribution in [3.63, 3.8) is 0 Å². The highest BCUT2D eigenvalue weighted by Gasteiger charge is 2.29. The van der Waals surface area contributed by atoms with Crippen LogP contribution in [0.15, 0.2) is 6.07 Å². The van der Waals surface area contributed by atoms with Gasteiger partial charge in [0.15, 0.2) is 0 Å². The number of carbonyl (C=O) groups excluding carboxylic acids is 1. The third-order valence-corrected chi connectivity index (χ3v) is 4.54. The zero-order valence-corrected chi connectivity index (χ0v) is 13.0. The summed E-state index contributed by atoms with van der Waals surface area (Å²) >= 11 is 5.20. The molecule has 0 aromatic carbocycles. The van der Waals surface area contributed by atoms with Crippen LogP contribution in [0, 0.1) is 0 Å². The molecule has 1 aliphatic carbocycles. The Bertz CT molecular complexity index is 602. The third-order valence-electron chi connectivity index (χ3n) is 4.32. The minimum absolute atomic E-state index is 0.0228. The van der Waals surface area contributed by atoms with Gasteiger partial charge in [-0.2, -0.15) is 0 Å². The molecule has 1 aliphatic heterocycles. The molecule has 1 saturated heterocycles. The van der Waals surface area contributed by atoms with Gasteiger partial charge >= 0.3 is 0 Å². The van der Waals surface area contributed by atoms with Gasteiger partial charge < -0.3 is 16.0 Å². The number of aromatic nitrogens is 1. The van der Waals surface area contributed by atoms with Crippen LogP contribution < -0.4 is 16.0 Å². The fourth-order valence-electron chi connectivity index (χ4n) is 3.09. The number of aryl methyl sites for hydroxylation is 2. The fraction of sp³-hybridized carbons (Fsp3) is 0.533. The van der Waals surface area contributed by atoms with Crippen molar-refractivity contribution in [3.05, 3.63) is 22.9 Å². The van der Waals surface area contributed by atoms with Crippen molar-refractivity contribution in [2.24, 2.45) is 5.73 Å². The lowest BCUT2D eigenvalue weighted by Crippen LogP contribution is -2.54. The Balaban J connectivity index is 2.07. The van der Waals surface area contributed by atoms with Crippen LogP contribution in [-0.4, -0.2) is 35.0 Å². The molecular formula is C15H20N4OS. The molecule has 3 N–H and O–H groups in total. The Labute approximate surface area is 129 Å². The number of carbonyl (C=O) groups is 1. The van der Waals surface area contributed by atoms with E-state index in [1.54, 1.807) is 0 Å². The Morgan fingerprint density at radius 3 is 3.00 bits per heavy atom. The normalized spacial score (nSPS) is 21.7. The highest BCUT2D eigenvalue weighted by atomic mass is 32.1. The van der Waals surface area contributed by atoms with E-state index in [2.05, 4.69) is 11.4 Å². The molecule has 6 heteroatoms. The minimum atomic E-state index is -0.249. The van der Waals surface area contributed by atoms with E-state index in [1.165, 1.54) is 18.4 Å². The van der Waals surface area contributed by atoms with Gasteiger partial charge in [-0.25, -0.2) is 4.98 Å². The number of hydrogen-bond acceptors (Lipinski definition) is 4. The molecule has 2 heterocycles. The number of fused-ring (bicyclic) bond motifs is 1. The predicted octanol–water partition coefficient (Wildman–Crippen LogP) is 0.919. The van der Waals surface area contributed by atoms with Gasteiger partial charge in [-0.1, -0.05) is 12.2 Å². The second kappa shape index (κ2) is 5.60. The van der Waals surface area contributed by atoms with Crippen molar-refractivity contribution in [1.82, 2.24) is 10.3 Å². The van der Waals surface area contributed by atoms with Crippen LogP contribution in [0.4, 0.5) is 5.82 Å². The van der Waals surface area contributed by atoms with Crippen LogP contribution >= 0.6 is 12.2 Å². The van der Waals surface area contributed by atoms with Gasteiger partial charge in [0.25, 0.3) is 0 Å². The fourth-order valence-corrected chi connectivity index (χ4v) is 3.25. The van der Waals surface area contributed by atoms with Crippen LogP contribution in [-0.2, 0) is 17.6 Å². The lowest BCUT2D eigenvalue weighted by Gasteiger charge is -2.35. The van der Waals surface area contributed by atoms with Crippen molar-refractivity contribution in [1.29, 1.82) is 0 Å². The monoisotopic (exact) mass is 304 g/mol. The van der Waals surface area contributed by atoms with E-state index in [1.807, 2.05) is 11.8 Å². The molecule has 0 radical (unpaired) electrons. The van der Waals surface area contributed by atoms with Crippen molar-refractivity contribution >= 4 is 28.9 Å². The molecule has 1 aromatic heterocycles. The van der Waals surface area contributed by atoms with Gasteiger partial charge in [0.05, 0.1) is 5.56 Å². The molecule has 0 saturated carbocycles. The Morgan fingerprint density at radius 2 is 2.24 bits per heavy atom. The topological polar surface area (TPSA) is 71.2 Å². The smallest absolute Gasteiger partial charge is 0.242 e. The average Bonchev–Trinajstić information content (AvgIpc) is 2.48. The van der Waals surface area contributed by atoms with Crippen LogP contribution in [0.3, 0.4) is 0 Å². The molecule has 1 fully saturated rings. The van der Waals surface area contributed by atoms with Crippen LogP contribution in [0.2, 0.25) is 0 Å². The molecule has 112 valence electrons. The quantitative estimate of drug-likeness (QED) is 0.795. The standard InChI is InChI=1S/C15H20N4OS/c1-9-15(20)17-6-7-19(9)14-11(13(16)21)8-10-4-2-3-5-12(10)18-14/h8-9H,2-7H2,1H3,(H2,16,21)(H,17,20). The van der Waals surface area contributed by atoms with Gasteiger partial charge in [0.1, 0.15) is 16.8 Å². The maximum atomic E-state index is 11.9. The van der Waals surface area contributed by atoms with Gasteiger partial charge in [-0.05, 0) is 44.2 Å². The Morgan fingerprint density at radius 1 is 1.48 bits per heavy atom. The number of nitrogens with two attached hydrogens (primary N) is 1. The molecule has 1 aromatic rings. The number of nitrogens with zero attached hydrogens (tertiary/aromatic N) is 2. The van der Waals surface area contributed by atoms with Crippen molar-refractivity contribution in [3.8, 4) is 0 Å². The summed E-state index contributed by atoms with van der Waals surface area (Å²) in [5.74, 6) is 0.792. The molecule has 1 amide bonds. The van der Waals surface area contributed by atoms with E-state index in [-0.39, 0.29) is 11.9 Å². The zero-order chi connectivity index (χ0) is 15.0. The summed E-state index contributed by atoms with van der Waals surface area (Å²) in [5, 5.41) is 2.87. The first kappa shape index (κ1) is 14.3. The lowest BCUT2D eigenvalue weighted by molar-refractivity contribution is -0.122. The van der Waals surface area contributed by atoms with E-state index in [0.717, 1.165) is 36.5 Å². The minimum Gasteiger partial charge on any atom is -0.389 e. The number of thiocarbonyl (C=S) groups is 1. The second-order valence-electron chi connectivity index (χ2n) is 5.70. The summed E-state index contributed by atoms with van der Waals surface area (Å²) in [6, 6.07) is 1.83. The first-order valence-corrected chi connectivity index (χ1v) is 7.85. The number of nitrogens with one attached hydrogen (secondary N) is 1. The van der Waals surface area contributed by atoms with Gasteiger partial charge in [0, 0.05) is 18.8 Å². The summed E-state index contributed by atoms with van der Waals surface area (Å²) in [4.78, 5) is 19.1. The lowest BCUT2D eigenvalue weighted by atomic mass is 9.94. The molecular weight excluding hydrogens is 284 g/mol. The maximum absolute atomic E-state index is 11.9. The van der Waals surface area contributed by atoms with Crippen molar-refractivity contribution in [2.45, 2.75) is 38.6 Å². The van der Waals surface area contributed by atoms with Gasteiger partial charge in [-0.15, -0.1) is 0 Å². The van der Waals surface area contributed by atoms with E-state index in [0.29, 0.717) is 11.5 Å². The van der Waals surface area contributed by atoms with Crippen molar-refractivity contribution < 1.29 is 4.79 Å². The van der Waals surface area contributed by atoms with Crippen LogP contribution in [0.25, 0.3) is 0 Å². The predicted molar refractivity (Wildman–Crippen MR) is 86.6 cm³/mol. The Hall–Kier alpha value is -1.69. The SMILES string of the molecule is CC1C(=O)NCCN1c1nc2c(cc1C(N)=S)CCCC2. The summed E-state index contributed by atoms with van der Waals surface area (Å²) in [5.41, 5.74) is 9.08. The third kappa shape index (κ3) is 2.60. The number of anilines is 1. The highest BCUT2D eigenvalue weighted by Crippen LogP contribution is 2.28. The largest absolute Gasteiger partial charge is 0.389 e. The van der Waals surface area contributed by atoms with Gasteiger partial charge in [0.2, 0.25) is 5.91 Å². The summed E-state index contributed by atoms with van der Waals surface area (Å²) in [6.45, 7) is 3.24. The number of rotatable bonds is 2. The molecule has 21 heavy (non-hydrogen) atoms. The highest BCUT2D eigenvalue weighted by molar-refractivity contribution is 7.80. The number of hydrogen-bond donors (Lipinski definition) is 2. The van der Waals surface area contributed by atoms with E-state index < -0.39 is 0 Å². The van der Waals surface area contributed by atoms with Crippen molar-refractivity contribution in [2.75, 3.05) is 18.0 Å².